The number of rotatable bonds is 2. The van der Waals surface area contributed by atoms with Crippen LogP contribution in [-0.4, -0.2) is 86.9 Å². The summed E-state index contributed by atoms with van der Waals surface area (Å²) in [4.78, 5) is 31.0. The van der Waals surface area contributed by atoms with Gasteiger partial charge in [0.05, 0.1) is 13.2 Å². The highest BCUT2D eigenvalue weighted by atomic mass is 16.7. The summed E-state index contributed by atoms with van der Waals surface area (Å²) in [6.07, 6.45) is 1.21. The molecule has 28 heavy (non-hydrogen) atoms. The maximum atomic E-state index is 12.5. The average Bonchev–Trinajstić information content (AvgIpc) is 3.17. The second kappa shape index (κ2) is 8.06. The van der Waals surface area contributed by atoms with Gasteiger partial charge >= 0.3 is 11.8 Å². The van der Waals surface area contributed by atoms with Crippen LogP contribution in [0.3, 0.4) is 0 Å². The number of likely N-dealkylation sites (N-methyl/N-ethyl adjacent to an activating group) is 1. The molecule has 1 spiro atoms. The Morgan fingerprint density at radius 2 is 1.54 bits per heavy atom. The first-order chi connectivity index (χ1) is 13.5. The molecule has 0 bridgehead atoms. The van der Waals surface area contributed by atoms with Gasteiger partial charge in [0.1, 0.15) is 0 Å². The molecular weight excluding hydrogens is 360 g/mol. The summed E-state index contributed by atoms with van der Waals surface area (Å²) >= 11 is 0. The summed E-state index contributed by atoms with van der Waals surface area (Å²) in [5.74, 6) is -1.65. The average molecular weight is 388 g/mol. The number of hydrogen-bond acceptors (Lipinski definition) is 6. The molecule has 3 fully saturated rings. The SMILES string of the molecule is CN1CCN(c2ccc(NC(=O)C(=O)N3CCC4(CC3)OCCO4)cc2)CC1. The first-order valence-electron chi connectivity index (χ1n) is 9.96. The van der Waals surface area contributed by atoms with E-state index >= 15 is 0 Å². The van der Waals surface area contributed by atoms with E-state index in [4.69, 9.17) is 9.47 Å². The lowest BCUT2D eigenvalue weighted by molar-refractivity contribution is -0.187. The molecule has 3 heterocycles. The first kappa shape index (κ1) is 19.2. The summed E-state index contributed by atoms with van der Waals surface area (Å²) in [5, 5.41) is 2.72. The number of carbonyl (C=O) groups is 2. The van der Waals surface area contributed by atoms with Crippen molar-refractivity contribution in [2.24, 2.45) is 0 Å². The number of nitrogens with zero attached hydrogens (tertiary/aromatic N) is 3. The fourth-order valence-corrected chi connectivity index (χ4v) is 3.98. The molecular formula is C20H28N4O4. The molecule has 4 rings (SSSR count). The molecule has 3 saturated heterocycles. The third-order valence-electron chi connectivity index (χ3n) is 5.81. The molecule has 1 N–H and O–H groups in total. The van der Waals surface area contributed by atoms with Crippen molar-refractivity contribution in [1.82, 2.24) is 9.80 Å². The van der Waals surface area contributed by atoms with E-state index in [2.05, 4.69) is 22.2 Å². The van der Waals surface area contributed by atoms with Crippen molar-refractivity contribution in [2.45, 2.75) is 18.6 Å². The Labute approximate surface area is 165 Å². The Hall–Kier alpha value is -2.16. The molecule has 0 saturated carbocycles. The van der Waals surface area contributed by atoms with Gasteiger partial charge in [-0.2, -0.15) is 0 Å². The standard InChI is InChI=1S/C20H28N4O4/c1-22-10-12-23(13-11-22)17-4-2-16(3-5-17)21-18(25)19(26)24-8-6-20(7-9-24)27-14-15-28-20/h2-5H,6-15H2,1H3,(H,21,25). The largest absolute Gasteiger partial charge is 0.369 e. The topological polar surface area (TPSA) is 74.4 Å². The number of hydrogen-bond donors (Lipinski definition) is 1. The molecule has 1 aromatic carbocycles. The van der Waals surface area contributed by atoms with Gasteiger partial charge in [0.25, 0.3) is 0 Å². The van der Waals surface area contributed by atoms with Gasteiger partial charge in [0.2, 0.25) is 0 Å². The van der Waals surface area contributed by atoms with E-state index in [1.54, 1.807) is 4.90 Å². The summed E-state index contributed by atoms with van der Waals surface area (Å²) < 4.78 is 11.3. The minimum absolute atomic E-state index is 0.467. The summed E-state index contributed by atoms with van der Waals surface area (Å²) in [7, 11) is 2.13. The number of likely N-dealkylation sites (tertiary alicyclic amines) is 1. The fourth-order valence-electron chi connectivity index (χ4n) is 3.98. The van der Waals surface area contributed by atoms with Crippen molar-refractivity contribution in [3.05, 3.63) is 24.3 Å². The number of nitrogens with one attached hydrogen (secondary N) is 1. The molecule has 2 amide bonds. The highest BCUT2D eigenvalue weighted by Crippen LogP contribution is 2.31. The number of amides is 2. The lowest BCUT2D eigenvalue weighted by Crippen LogP contribution is -2.50. The molecule has 1 aromatic rings. The zero-order valence-corrected chi connectivity index (χ0v) is 16.4. The Morgan fingerprint density at radius 3 is 2.14 bits per heavy atom. The van der Waals surface area contributed by atoms with Gasteiger partial charge in [-0.3, -0.25) is 9.59 Å². The van der Waals surface area contributed by atoms with Gasteiger partial charge in [-0.25, -0.2) is 0 Å². The minimum atomic E-state index is -0.600. The van der Waals surface area contributed by atoms with Crippen molar-refractivity contribution in [1.29, 1.82) is 0 Å². The lowest BCUT2D eigenvalue weighted by Gasteiger charge is -2.37. The van der Waals surface area contributed by atoms with Crippen molar-refractivity contribution >= 4 is 23.2 Å². The highest BCUT2D eigenvalue weighted by molar-refractivity contribution is 6.39. The minimum Gasteiger partial charge on any atom is -0.369 e. The molecule has 0 atom stereocenters. The van der Waals surface area contributed by atoms with Crippen molar-refractivity contribution in [3.63, 3.8) is 0 Å². The van der Waals surface area contributed by atoms with Crippen LogP contribution in [0.2, 0.25) is 0 Å². The van der Waals surface area contributed by atoms with Crippen molar-refractivity contribution in [3.8, 4) is 0 Å². The van der Waals surface area contributed by atoms with Crippen LogP contribution in [0, 0.1) is 0 Å². The van der Waals surface area contributed by atoms with Crippen molar-refractivity contribution in [2.75, 3.05) is 69.7 Å². The zero-order chi connectivity index (χ0) is 19.6. The predicted octanol–water partition coefficient (Wildman–Crippen LogP) is 0.742. The number of piperazine rings is 1. The monoisotopic (exact) mass is 388 g/mol. The van der Waals surface area contributed by atoms with E-state index in [1.807, 2.05) is 24.3 Å². The van der Waals surface area contributed by atoms with Crippen molar-refractivity contribution < 1.29 is 19.1 Å². The smallest absolute Gasteiger partial charge is 0.313 e. The van der Waals surface area contributed by atoms with Crippen LogP contribution in [0.5, 0.6) is 0 Å². The number of piperidine rings is 1. The molecule has 8 heteroatoms. The molecule has 0 radical (unpaired) electrons. The van der Waals surface area contributed by atoms with Gasteiger partial charge in [-0.1, -0.05) is 0 Å². The van der Waals surface area contributed by atoms with Gasteiger partial charge in [0, 0.05) is 63.5 Å². The zero-order valence-electron chi connectivity index (χ0n) is 16.4. The Kier molecular flexibility index (Phi) is 5.52. The number of ether oxygens (including phenoxy) is 2. The predicted molar refractivity (Wildman–Crippen MR) is 105 cm³/mol. The van der Waals surface area contributed by atoms with E-state index in [0.717, 1.165) is 31.9 Å². The molecule has 3 aliphatic rings. The van der Waals surface area contributed by atoms with E-state index in [-0.39, 0.29) is 0 Å². The molecule has 0 unspecified atom stereocenters. The Morgan fingerprint density at radius 1 is 0.929 bits per heavy atom. The molecule has 0 aliphatic carbocycles. The Balaban J connectivity index is 1.29. The molecule has 8 nitrogen and oxygen atoms in total. The third-order valence-corrected chi connectivity index (χ3v) is 5.81. The van der Waals surface area contributed by atoms with E-state index in [9.17, 15) is 9.59 Å². The second-order valence-electron chi connectivity index (χ2n) is 7.69. The molecule has 3 aliphatic heterocycles. The fraction of sp³-hybridized carbons (Fsp3) is 0.600. The van der Waals surface area contributed by atoms with Crippen LogP contribution in [-0.2, 0) is 19.1 Å². The van der Waals surface area contributed by atoms with Gasteiger partial charge < -0.3 is 29.5 Å². The Bertz CT molecular complexity index is 699. The number of anilines is 2. The van der Waals surface area contributed by atoms with Crippen LogP contribution in [0.15, 0.2) is 24.3 Å². The quantitative estimate of drug-likeness (QED) is 0.754. The highest BCUT2D eigenvalue weighted by Gasteiger charge is 2.41. The van der Waals surface area contributed by atoms with Gasteiger partial charge in [-0.15, -0.1) is 0 Å². The second-order valence-corrected chi connectivity index (χ2v) is 7.69. The van der Waals surface area contributed by atoms with Gasteiger partial charge in [-0.05, 0) is 31.3 Å². The molecule has 152 valence electrons. The first-order valence-corrected chi connectivity index (χ1v) is 9.96. The summed E-state index contributed by atoms with van der Waals surface area (Å²) in [6.45, 7) is 6.19. The van der Waals surface area contributed by atoms with Crippen LogP contribution >= 0.6 is 0 Å². The lowest BCUT2D eigenvalue weighted by atomic mass is 10.0. The van der Waals surface area contributed by atoms with E-state index in [0.29, 0.717) is 44.8 Å². The van der Waals surface area contributed by atoms with E-state index in [1.165, 1.54) is 0 Å². The summed E-state index contributed by atoms with van der Waals surface area (Å²) in [5.41, 5.74) is 1.77. The number of benzene rings is 1. The van der Waals surface area contributed by atoms with E-state index < -0.39 is 17.6 Å². The molecule has 0 aromatic heterocycles. The van der Waals surface area contributed by atoms with Crippen LogP contribution in [0.4, 0.5) is 11.4 Å². The normalized spacial score (nSPS) is 22.5. The summed E-state index contributed by atoms with van der Waals surface area (Å²) in [6, 6.07) is 7.68. The van der Waals surface area contributed by atoms with Crippen LogP contribution in [0.1, 0.15) is 12.8 Å². The maximum absolute atomic E-state index is 12.5. The third kappa shape index (κ3) is 4.14. The van der Waals surface area contributed by atoms with Crippen LogP contribution < -0.4 is 10.2 Å². The maximum Gasteiger partial charge on any atom is 0.313 e. The van der Waals surface area contributed by atoms with Gasteiger partial charge in [0.15, 0.2) is 5.79 Å². The van der Waals surface area contributed by atoms with Crippen LogP contribution in [0.25, 0.3) is 0 Å². The number of carbonyl (C=O) groups excluding carboxylic acids is 2.